The van der Waals surface area contributed by atoms with Gasteiger partial charge in [-0.25, -0.2) is 14.4 Å². The summed E-state index contributed by atoms with van der Waals surface area (Å²) in [5.74, 6) is -6.56. The monoisotopic (exact) mass is 754 g/mol. The Hall–Kier alpha value is -5.99. The van der Waals surface area contributed by atoms with Gasteiger partial charge in [-0.05, 0) is 30.2 Å². The summed E-state index contributed by atoms with van der Waals surface area (Å²) in [6.45, 7) is 2.38. The third-order valence-corrected chi connectivity index (χ3v) is 9.78. The molecule has 2 saturated heterocycles. The average molecular weight is 755 g/mol. The predicted octanol–water partition coefficient (Wildman–Crippen LogP) is 0.452. The molecular weight excluding hydrogens is 720 g/mol. The number of hydrogen-bond donors (Lipinski definition) is 5. The number of nitrogens with zero attached hydrogens (tertiary/aromatic N) is 3. The number of fused-ring (bicyclic) bond motifs is 1. The number of carbonyl (C=O) groups is 8. The van der Waals surface area contributed by atoms with Crippen LogP contribution in [0.5, 0.6) is 5.75 Å². The molecule has 20 heteroatoms. The third-order valence-electron chi connectivity index (χ3n) is 8.38. The van der Waals surface area contributed by atoms with Gasteiger partial charge < -0.3 is 40.1 Å². The molecule has 280 valence electrons. The molecule has 6 amide bonds. The summed E-state index contributed by atoms with van der Waals surface area (Å²) in [7, 11) is 0. The minimum Gasteiger partial charge on any atom is -0.477 e. The lowest BCUT2D eigenvalue weighted by Gasteiger charge is -2.56. The molecule has 0 aromatic heterocycles. The average Bonchev–Trinajstić information content (AvgIpc) is 3.15. The van der Waals surface area contributed by atoms with Gasteiger partial charge in [0.2, 0.25) is 11.6 Å². The molecule has 3 atom stereocenters. The van der Waals surface area contributed by atoms with Gasteiger partial charge in [-0.2, -0.15) is 5.48 Å². The summed E-state index contributed by atoms with van der Waals surface area (Å²) in [5.41, 5.74) is -0.179. The van der Waals surface area contributed by atoms with Gasteiger partial charge in [-0.3, -0.25) is 33.8 Å². The number of carboxylic acids is 1. The summed E-state index contributed by atoms with van der Waals surface area (Å²) in [6.07, 6.45) is -1.03. The van der Waals surface area contributed by atoms with Crippen molar-refractivity contribution in [3.05, 3.63) is 77.0 Å². The molecule has 0 saturated carbocycles. The molecule has 2 aromatic rings. The summed E-state index contributed by atoms with van der Waals surface area (Å²) < 4.78 is 15.2. The quantitative estimate of drug-likeness (QED) is 0.0493. The van der Waals surface area contributed by atoms with Crippen LogP contribution in [0, 0.1) is 0 Å². The highest BCUT2D eigenvalue weighted by atomic mass is 32.2. The third kappa shape index (κ3) is 7.93. The topological polar surface area (TPSA) is 251 Å². The van der Waals surface area contributed by atoms with Crippen molar-refractivity contribution >= 4 is 59.5 Å². The summed E-state index contributed by atoms with van der Waals surface area (Å²) in [6, 6.07) is 11.1. The minimum absolute atomic E-state index is 0.0109. The Kier molecular flexibility index (Phi) is 11.6. The zero-order valence-corrected chi connectivity index (χ0v) is 29.0. The van der Waals surface area contributed by atoms with Crippen LogP contribution in [0.1, 0.15) is 31.0 Å². The van der Waals surface area contributed by atoms with Gasteiger partial charge in [0.1, 0.15) is 36.1 Å². The molecule has 0 spiro atoms. The SMILES string of the molecule is CCN1CCN(C(=O)NC(C(=O)N[C@]2(NO)C(=O)N3C(C(=O)O)=C(COC(C)=O)CS[C@@H]32)c2ccc(OC(=O)OCc3ccccc3)cc2)C(=O)C1=O. The number of hydroxylamine groups is 1. The van der Waals surface area contributed by atoms with E-state index in [1.54, 1.807) is 42.7 Å². The zero-order valence-electron chi connectivity index (χ0n) is 28.2. The number of nitrogens with one attached hydrogen (secondary N) is 3. The highest BCUT2D eigenvalue weighted by Crippen LogP contribution is 2.45. The molecule has 5 N–H and O–H groups in total. The molecule has 5 rings (SSSR count). The maximum absolute atomic E-state index is 14.0. The van der Waals surface area contributed by atoms with Gasteiger partial charge >= 0.3 is 35.9 Å². The molecule has 2 fully saturated rings. The van der Waals surface area contributed by atoms with E-state index in [-0.39, 0.29) is 48.9 Å². The van der Waals surface area contributed by atoms with Crippen molar-refractivity contribution in [1.82, 2.24) is 30.8 Å². The molecule has 19 nitrogen and oxygen atoms in total. The Morgan fingerprint density at radius 2 is 1.66 bits per heavy atom. The molecule has 0 aliphatic carbocycles. The predicted molar refractivity (Wildman–Crippen MR) is 179 cm³/mol. The number of esters is 1. The van der Waals surface area contributed by atoms with Crippen molar-refractivity contribution in [2.24, 2.45) is 0 Å². The molecule has 3 heterocycles. The van der Waals surface area contributed by atoms with Crippen LogP contribution in [-0.2, 0) is 44.8 Å². The van der Waals surface area contributed by atoms with Crippen LogP contribution < -0.4 is 20.9 Å². The summed E-state index contributed by atoms with van der Waals surface area (Å²) in [5, 5.41) is 23.7. The van der Waals surface area contributed by atoms with Crippen molar-refractivity contribution in [2.75, 3.05) is 32.0 Å². The Labute approximate surface area is 305 Å². The highest BCUT2D eigenvalue weighted by molar-refractivity contribution is 8.00. The molecule has 3 aliphatic rings. The van der Waals surface area contributed by atoms with Crippen molar-refractivity contribution in [2.45, 2.75) is 37.5 Å². The smallest absolute Gasteiger partial charge is 0.477 e. The van der Waals surface area contributed by atoms with Gasteiger partial charge in [0.15, 0.2) is 0 Å². The Morgan fingerprint density at radius 3 is 2.28 bits per heavy atom. The van der Waals surface area contributed by atoms with E-state index >= 15 is 0 Å². The number of urea groups is 1. The fourth-order valence-electron chi connectivity index (χ4n) is 5.67. The van der Waals surface area contributed by atoms with Crippen molar-refractivity contribution < 1.29 is 62.9 Å². The second-order valence-electron chi connectivity index (χ2n) is 11.7. The lowest BCUT2D eigenvalue weighted by Crippen LogP contribution is -2.85. The highest BCUT2D eigenvalue weighted by Gasteiger charge is 2.66. The van der Waals surface area contributed by atoms with Crippen LogP contribution in [0.2, 0.25) is 0 Å². The molecule has 3 aliphatic heterocycles. The fourth-order valence-corrected chi connectivity index (χ4v) is 7.07. The van der Waals surface area contributed by atoms with E-state index in [1.165, 1.54) is 29.2 Å². The number of likely N-dealkylation sites (N-methyl/N-ethyl adjacent to an activating group) is 1. The van der Waals surface area contributed by atoms with E-state index in [1.807, 2.05) is 0 Å². The first-order valence-electron chi connectivity index (χ1n) is 16.0. The van der Waals surface area contributed by atoms with Gasteiger partial charge in [0.25, 0.3) is 5.91 Å². The van der Waals surface area contributed by atoms with Crippen LogP contribution in [0.3, 0.4) is 0 Å². The van der Waals surface area contributed by atoms with Gasteiger partial charge in [0.05, 0.1) is 0 Å². The normalized spacial score (nSPS) is 20.2. The number of benzene rings is 2. The number of thioether (sulfide) groups is 1. The molecule has 0 radical (unpaired) electrons. The number of imide groups is 1. The number of hydrogen-bond acceptors (Lipinski definition) is 14. The maximum atomic E-state index is 14.0. The molecule has 1 unspecified atom stereocenters. The number of ether oxygens (including phenoxy) is 3. The van der Waals surface area contributed by atoms with Crippen molar-refractivity contribution in [3.8, 4) is 5.75 Å². The summed E-state index contributed by atoms with van der Waals surface area (Å²) >= 11 is 0.941. The standard InChI is InChI=1S/C33H34N6O13S/c1-3-37-13-14-38(27(43)26(37)42)31(47)34-23(20-9-11-22(12-10-20)52-32(48)51-15-19-7-5-4-6-8-19)25(41)35-33(36-49)29(46)39-24(28(44)45)21(16-50-18(2)40)17-53-30(33)39/h4-12,23,30,36,49H,3,13-17H2,1-2H3,(H,34,47)(H,35,41)(H,44,45)/t23?,30-,33+/m1/s1. The van der Waals surface area contributed by atoms with Crippen molar-refractivity contribution in [3.63, 3.8) is 0 Å². The second kappa shape index (κ2) is 16.1. The number of carboxylic acid groups (broad SMARTS) is 1. The first-order valence-corrected chi connectivity index (χ1v) is 17.0. The molecule has 53 heavy (non-hydrogen) atoms. The number of β-lactam (4-membered cyclic amide) rings is 1. The Balaban J connectivity index is 1.38. The lowest BCUT2D eigenvalue weighted by atomic mass is 9.94. The Bertz CT molecular complexity index is 1860. The van der Waals surface area contributed by atoms with Crippen LogP contribution in [0.25, 0.3) is 0 Å². The van der Waals surface area contributed by atoms with E-state index in [9.17, 15) is 48.7 Å². The van der Waals surface area contributed by atoms with E-state index in [0.29, 0.717) is 10.5 Å². The summed E-state index contributed by atoms with van der Waals surface area (Å²) in [4.78, 5) is 105. The Morgan fingerprint density at radius 1 is 0.962 bits per heavy atom. The molecule has 2 aromatic carbocycles. The fraction of sp³-hybridized carbons (Fsp3) is 0.333. The van der Waals surface area contributed by atoms with Gasteiger partial charge in [-0.15, -0.1) is 11.8 Å². The van der Waals surface area contributed by atoms with Crippen LogP contribution in [-0.4, -0.2) is 116 Å². The first kappa shape index (κ1) is 38.2. The van der Waals surface area contributed by atoms with Crippen LogP contribution in [0.4, 0.5) is 9.59 Å². The molecular formula is C33H34N6O13S. The van der Waals surface area contributed by atoms with Gasteiger partial charge in [-0.1, -0.05) is 42.5 Å². The number of aliphatic carboxylic acids is 1. The van der Waals surface area contributed by atoms with Crippen LogP contribution in [0.15, 0.2) is 65.9 Å². The van der Waals surface area contributed by atoms with E-state index in [0.717, 1.165) is 23.6 Å². The number of amides is 6. The first-order chi connectivity index (χ1) is 25.3. The van der Waals surface area contributed by atoms with Crippen molar-refractivity contribution in [1.29, 1.82) is 0 Å². The van der Waals surface area contributed by atoms with Crippen LogP contribution >= 0.6 is 11.8 Å². The number of rotatable bonds is 12. The van der Waals surface area contributed by atoms with Gasteiger partial charge in [0, 0.05) is 37.9 Å². The number of piperazine rings is 1. The van der Waals surface area contributed by atoms with E-state index in [2.05, 4.69) is 10.6 Å². The number of carbonyl (C=O) groups excluding carboxylic acids is 7. The largest absolute Gasteiger partial charge is 0.514 e. The van der Waals surface area contributed by atoms with E-state index < -0.39 is 77.1 Å². The minimum atomic E-state index is -2.30. The molecule has 0 bridgehead atoms. The zero-order chi connectivity index (χ0) is 38.4. The van der Waals surface area contributed by atoms with E-state index in [4.69, 9.17) is 14.2 Å². The second-order valence-corrected chi connectivity index (χ2v) is 12.8. The lowest BCUT2D eigenvalue weighted by molar-refractivity contribution is -0.171. The maximum Gasteiger partial charge on any atom is 0.514 e.